The van der Waals surface area contributed by atoms with Gasteiger partial charge in [-0.05, 0) is 92.3 Å². The van der Waals surface area contributed by atoms with Crippen LogP contribution in [0.5, 0.6) is 0 Å². The predicted octanol–water partition coefficient (Wildman–Crippen LogP) is 4.89. The van der Waals surface area contributed by atoms with Crippen molar-refractivity contribution in [1.82, 2.24) is 0 Å². The molecule has 0 unspecified atom stereocenters. The van der Waals surface area contributed by atoms with Gasteiger partial charge in [-0.2, -0.15) is 13.2 Å². The largest absolute Gasteiger partial charge is 0.414 e. The standard InChI is InChI=1S/C23H35F3O3/c1-21-9-7-14(27)11-13(21)3-4-15-16-5-6-18(22(16,2)10-8-17(15)21)19(28)12-20(29)23(24,25)26/h13-18,20,27,29H,3-12H2,1-2H3/t13-,14-,15-,16+,17-,18+,20-,21+,22+/m0/s1. The monoisotopic (exact) mass is 416 g/mol. The molecule has 4 rings (SSSR count). The SMILES string of the molecule is C[C@@]12CC[C@H]3[C@@H](CC[C@H]4C[C@@H](O)CC[C@]43C)[C@H]1CC[C@@H]2C(=O)C[C@H](O)C(F)(F)F. The summed E-state index contributed by atoms with van der Waals surface area (Å²) in [5.41, 5.74) is 0.0129. The number of alkyl halides is 3. The first-order valence-electron chi connectivity index (χ1n) is 11.4. The van der Waals surface area contributed by atoms with Crippen LogP contribution < -0.4 is 0 Å². The first-order chi connectivity index (χ1) is 13.5. The maximum absolute atomic E-state index is 12.8. The lowest BCUT2D eigenvalue weighted by Crippen LogP contribution is -2.54. The molecule has 29 heavy (non-hydrogen) atoms. The summed E-state index contributed by atoms with van der Waals surface area (Å²) in [7, 11) is 0. The molecule has 4 aliphatic rings. The second kappa shape index (κ2) is 7.22. The molecule has 166 valence electrons. The Balaban J connectivity index is 1.51. The van der Waals surface area contributed by atoms with Crippen LogP contribution >= 0.6 is 0 Å². The highest BCUT2D eigenvalue weighted by Crippen LogP contribution is 2.67. The topological polar surface area (TPSA) is 57.5 Å². The normalized spacial score (nSPS) is 48.4. The highest BCUT2D eigenvalue weighted by atomic mass is 19.4. The zero-order valence-electron chi connectivity index (χ0n) is 17.5. The van der Waals surface area contributed by atoms with Gasteiger partial charge in [0, 0.05) is 12.3 Å². The van der Waals surface area contributed by atoms with Crippen LogP contribution in [0.15, 0.2) is 0 Å². The number of hydrogen-bond acceptors (Lipinski definition) is 3. The van der Waals surface area contributed by atoms with Crippen molar-refractivity contribution in [1.29, 1.82) is 0 Å². The van der Waals surface area contributed by atoms with E-state index in [0.717, 1.165) is 51.4 Å². The highest BCUT2D eigenvalue weighted by Gasteiger charge is 2.61. The van der Waals surface area contributed by atoms with Gasteiger partial charge in [-0.1, -0.05) is 13.8 Å². The van der Waals surface area contributed by atoms with Crippen LogP contribution in [0.1, 0.15) is 78.1 Å². The van der Waals surface area contributed by atoms with Crippen molar-refractivity contribution in [2.24, 2.45) is 40.4 Å². The molecule has 0 aromatic carbocycles. The Hall–Kier alpha value is -0.620. The van der Waals surface area contributed by atoms with E-state index in [1.54, 1.807) is 0 Å². The van der Waals surface area contributed by atoms with Gasteiger partial charge in [0.15, 0.2) is 6.10 Å². The molecular formula is C23H35F3O3. The van der Waals surface area contributed by atoms with Gasteiger partial charge in [0.2, 0.25) is 0 Å². The third-order valence-electron chi connectivity index (χ3n) is 9.80. The maximum atomic E-state index is 12.8. The van der Waals surface area contributed by atoms with E-state index in [1.165, 1.54) is 0 Å². The molecule has 0 amide bonds. The third kappa shape index (κ3) is 3.46. The minimum atomic E-state index is -4.73. The Labute approximate surface area is 171 Å². The van der Waals surface area contributed by atoms with Gasteiger partial charge in [0.05, 0.1) is 6.10 Å². The number of aliphatic hydroxyl groups excluding tert-OH is 2. The lowest BCUT2D eigenvalue weighted by molar-refractivity contribution is -0.206. The number of Topliss-reactive ketones (excluding diaryl/α,β-unsaturated/α-hetero) is 1. The van der Waals surface area contributed by atoms with E-state index in [-0.39, 0.29) is 22.9 Å². The molecule has 4 aliphatic carbocycles. The highest BCUT2D eigenvalue weighted by molar-refractivity contribution is 5.82. The number of aliphatic hydroxyl groups is 2. The van der Waals surface area contributed by atoms with E-state index in [1.807, 2.05) is 0 Å². The Morgan fingerprint density at radius 1 is 1.00 bits per heavy atom. The van der Waals surface area contributed by atoms with E-state index >= 15 is 0 Å². The number of halogens is 3. The molecule has 4 fully saturated rings. The Morgan fingerprint density at radius 3 is 2.34 bits per heavy atom. The molecule has 0 spiro atoms. The Bertz CT molecular complexity index is 650. The maximum Gasteiger partial charge on any atom is 0.414 e. The first kappa shape index (κ1) is 21.6. The molecule has 0 bridgehead atoms. The first-order valence-corrected chi connectivity index (χ1v) is 11.4. The third-order valence-corrected chi connectivity index (χ3v) is 9.80. The molecule has 4 saturated carbocycles. The van der Waals surface area contributed by atoms with Crippen molar-refractivity contribution >= 4 is 5.78 Å². The van der Waals surface area contributed by atoms with Crippen molar-refractivity contribution in [3.63, 3.8) is 0 Å². The number of carbonyl (C=O) groups is 1. The van der Waals surface area contributed by atoms with Gasteiger partial charge < -0.3 is 10.2 Å². The summed E-state index contributed by atoms with van der Waals surface area (Å²) in [6, 6.07) is 0. The molecule has 0 aliphatic heterocycles. The number of fused-ring (bicyclic) bond motifs is 5. The second-order valence-corrected chi connectivity index (χ2v) is 11.0. The van der Waals surface area contributed by atoms with Crippen LogP contribution in [0, 0.1) is 40.4 Å². The van der Waals surface area contributed by atoms with Crippen LogP contribution in [-0.2, 0) is 4.79 Å². The molecular weight excluding hydrogens is 381 g/mol. The van der Waals surface area contributed by atoms with Crippen LogP contribution in [-0.4, -0.2) is 34.4 Å². The van der Waals surface area contributed by atoms with E-state index in [4.69, 9.17) is 0 Å². The molecule has 0 heterocycles. The van der Waals surface area contributed by atoms with Crippen LogP contribution in [0.3, 0.4) is 0 Å². The van der Waals surface area contributed by atoms with Crippen molar-refractivity contribution < 1.29 is 28.2 Å². The summed E-state index contributed by atoms with van der Waals surface area (Å²) >= 11 is 0. The quantitative estimate of drug-likeness (QED) is 0.689. The molecule has 0 radical (unpaired) electrons. The predicted molar refractivity (Wildman–Crippen MR) is 103 cm³/mol. The Kier molecular flexibility index (Phi) is 5.38. The van der Waals surface area contributed by atoms with Gasteiger partial charge in [0.25, 0.3) is 0 Å². The van der Waals surface area contributed by atoms with E-state index in [0.29, 0.717) is 30.1 Å². The van der Waals surface area contributed by atoms with E-state index < -0.39 is 24.5 Å². The summed E-state index contributed by atoms with van der Waals surface area (Å²) in [6.45, 7) is 4.53. The fourth-order valence-electron chi connectivity index (χ4n) is 8.21. The minimum Gasteiger partial charge on any atom is -0.393 e. The summed E-state index contributed by atoms with van der Waals surface area (Å²) in [6.07, 6.45) is 0.310. The van der Waals surface area contributed by atoms with Crippen molar-refractivity contribution in [3.8, 4) is 0 Å². The zero-order valence-corrected chi connectivity index (χ0v) is 17.5. The van der Waals surface area contributed by atoms with Gasteiger partial charge in [-0.25, -0.2) is 0 Å². The van der Waals surface area contributed by atoms with Crippen molar-refractivity contribution in [3.05, 3.63) is 0 Å². The average molecular weight is 417 g/mol. The second-order valence-electron chi connectivity index (χ2n) is 11.0. The zero-order chi connectivity index (χ0) is 21.2. The molecule has 9 atom stereocenters. The summed E-state index contributed by atoms with van der Waals surface area (Å²) in [5, 5.41) is 19.5. The van der Waals surface area contributed by atoms with E-state index in [9.17, 15) is 28.2 Å². The fraction of sp³-hybridized carbons (Fsp3) is 0.957. The summed E-state index contributed by atoms with van der Waals surface area (Å²) in [5.74, 6) is 1.33. The van der Waals surface area contributed by atoms with Gasteiger partial charge in [-0.15, -0.1) is 0 Å². The number of ketones is 1. The average Bonchev–Trinajstić information content (AvgIpc) is 2.98. The molecule has 0 saturated heterocycles. The van der Waals surface area contributed by atoms with Crippen molar-refractivity contribution in [2.45, 2.75) is 96.4 Å². The smallest absolute Gasteiger partial charge is 0.393 e. The number of rotatable bonds is 3. The van der Waals surface area contributed by atoms with Crippen LogP contribution in [0.2, 0.25) is 0 Å². The van der Waals surface area contributed by atoms with E-state index in [2.05, 4.69) is 13.8 Å². The molecule has 2 N–H and O–H groups in total. The van der Waals surface area contributed by atoms with Crippen LogP contribution in [0.4, 0.5) is 13.2 Å². The van der Waals surface area contributed by atoms with Crippen LogP contribution in [0.25, 0.3) is 0 Å². The fourth-order valence-corrected chi connectivity index (χ4v) is 8.21. The van der Waals surface area contributed by atoms with Gasteiger partial charge in [0.1, 0.15) is 5.78 Å². The van der Waals surface area contributed by atoms with Crippen molar-refractivity contribution in [2.75, 3.05) is 0 Å². The number of carbonyl (C=O) groups excluding carboxylic acids is 1. The summed E-state index contributed by atoms with van der Waals surface area (Å²) in [4.78, 5) is 12.8. The summed E-state index contributed by atoms with van der Waals surface area (Å²) < 4.78 is 38.3. The Morgan fingerprint density at radius 2 is 1.66 bits per heavy atom. The number of hydrogen-bond donors (Lipinski definition) is 2. The lowest BCUT2D eigenvalue weighted by Gasteiger charge is -2.60. The minimum absolute atomic E-state index is 0.174. The molecule has 0 aromatic rings. The van der Waals surface area contributed by atoms with Gasteiger partial charge in [-0.3, -0.25) is 4.79 Å². The van der Waals surface area contributed by atoms with Gasteiger partial charge >= 0.3 is 6.18 Å². The molecule has 3 nitrogen and oxygen atoms in total. The molecule has 0 aromatic heterocycles. The molecule has 6 heteroatoms. The lowest BCUT2D eigenvalue weighted by atomic mass is 9.44.